The molecule has 8 nitrogen and oxygen atoms in total. The molecule has 0 radical (unpaired) electrons. The lowest BCUT2D eigenvalue weighted by molar-refractivity contribution is -0.120. The normalized spacial score (nSPS) is 20.8. The van der Waals surface area contributed by atoms with Crippen LogP contribution in [0, 0.1) is 17.2 Å². The fourth-order valence-electron chi connectivity index (χ4n) is 2.77. The number of sulfone groups is 1. The third kappa shape index (κ3) is 5.11. The minimum atomic E-state index is -3.03. The lowest BCUT2D eigenvalue weighted by Crippen LogP contribution is -2.49. The number of nitriles is 1. The van der Waals surface area contributed by atoms with Crippen molar-refractivity contribution in [2.24, 2.45) is 5.92 Å². The zero-order chi connectivity index (χ0) is 20.2. The molecule has 1 N–H and O–H groups in total. The predicted molar refractivity (Wildman–Crippen MR) is 104 cm³/mol. The second-order valence-corrected chi connectivity index (χ2v) is 10.3. The van der Waals surface area contributed by atoms with Crippen LogP contribution in [0.5, 0.6) is 0 Å². The van der Waals surface area contributed by atoms with Gasteiger partial charge in [-0.1, -0.05) is 31.7 Å². The lowest BCUT2D eigenvalue weighted by Gasteiger charge is -2.27. The van der Waals surface area contributed by atoms with Gasteiger partial charge in [0.05, 0.1) is 23.3 Å². The van der Waals surface area contributed by atoms with Crippen LogP contribution >= 0.6 is 11.8 Å². The average molecular weight is 412 g/mol. The first-order valence-electron chi connectivity index (χ1n) is 8.71. The van der Waals surface area contributed by atoms with E-state index in [1.807, 2.05) is 18.4 Å². The summed E-state index contributed by atoms with van der Waals surface area (Å²) < 4.78 is 25.3. The zero-order valence-corrected chi connectivity index (χ0v) is 17.4. The van der Waals surface area contributed by atoms with Crippen molar-refractivity contribution in [2.75, 3.05) is 17.3 Å². The van der Waals surface area contributed by atoms with E-state index in [4.69, 9.17) is 0 Å². The molecule has 1 aliphatic heterocycles. The molecule has 1 aromatic rings. The largest absolute Gasteiger partial charge is 0.337 e. The highest BCUT2D eigenvalue weighted by Gasteiger charge is 2.33. The molecule has 1 fully saturated rings. The highest BCUT2D eigenvalue weighted by Crippen LogP contribution is 2.30. The first kappa shape index (κ1) is 21.4. The van der Waals surface area contributed by atoms with Gasteiger partial charge in [0.1, 0.15) is 11.4 Å². The molecule has 148 valence electrons. The van der Waals surface area contributed by atoms with Crippen molar-refractivity contribution in [1.82, 2.24) is 20.1 Å². The number of thioether (sulfide) groups is 1. The van der Waals surface area contributed by atoms with Crippen molar-refractivity contribution in [3.8, 4) is 6.07 Å². The molecule has 27 heavy (non-hydrogen) atoms. The van der Waals surface area contributed by atoms with Gasteiger partial charge in [-0.15, -0.1) is 16.8 Å². The SMILES string of the molecule is C=CCn1c(SCC(=O)NC(C)(C#N)C(C)C)nnc1C1CCS(=O)(=O)C1. The molecule has 2 atom stereocenters. The molecule has 1 aliphatic rings. The number of hydrogen-bond acceptors (Lipinski definition) is 7. The van der Waals surface area contributed by atoms with E-state index < -0.39 is 15.4 Å². The molecule has 1 amide bonds. The Morgan fingerprint density at radius 2 is 2.26 bits per heavy atom. The highest BCUT2D eigenvalue weighted by molar-refractivity contribution is 7.99. The molecule has 2 unspecified atom stereocenters. The van der Waals surface area contributed by atoms with E-state index in [0.717, 1.165) is 0 Å². The summed E-state index contributed by atoms with van der Waals surface area (Å²) in [7, 11) is -3.03. The first-order chi connectivity index (χ1) is 12.6. The quantitative estimate of drug-likeness (QED) is 0.509. The summed E-state index contributed by atoms with van der Waals surface area (Å²) in [5.41, 5.74) is -0.935. The van der Waals surface area contributed by atoms with Crippen LogP contribution in [0.1, 0.15) is 38.9 Å². The molecule has 2 rings (SSSR count). The molecule has 2 heterocycles. The van der Waals surface area contributed by atoms with Gasteiger partial charge < -0.3 is 9.88 Å². The second kappa shape index (κ2) is 8.44. The topological polar surface area (TPSA) is 118 Å². The standard InChI is InChI=1S/C17H25N5O3S2/c1-5-7-22-15(13-6-8-27(24,25)10-13)20-21-16(22)26-9-14(23)19-17(4,11-18)12(2)3/h5,12-13H,1,6-10H2,2-4H3,(H,19,23). The number of nitrogens with zero attached hydrogens (tertiary/aromatic N) is 4. The second-order valence-electron chi connectivity index (χ2n) is 7.15. The number of allylic oxidation sites excluding steroid dienone is 1. The average Bonchev–Trinajstić information content (AvgIpc) is 3.15. The minimum Gasteiger partial charge on any atom is -0.337 e. The van der Waals surface area contributed by atoms with E-state index >= 15 is 0 Å². The van der Waals surface area contributed by atoms with Crippen LogP contribution in [-0.4, -0.2) is 51.9 Å². The van der Waals surface area contributed by atoms with E-state index in [2.05, 4.69) is 28.2 Å². The van der Waals surface area contributed by atoms with Gasteiger partial charge in [-0.3, -0.25) is 4.79 Å². The van der Waals surface area contributed by atoms with E-state index in [1.165, 1.54) is 11.8 Å². The third-order valence-electron chi connectivity index (χ3n) is 4.77. The Morgan fingerprint density at radius 3 is 2.78 bits per heavy atom. The summed E-state index contributed by atoms with van der Waals surface area (Å²) in [5, 5.41) is 20.9. The van der Waals surface area contributed by atoms with Crippen molar-refractivity contribution in [3.63, 3.8) is 0 Å². The van der Waals surface area contributed by atoms with Gasteiger partial charge in [0.15, 0.2) is 15.0 Å². The molecule has 0 spiro atoms. The van der Waals surface area contributed by atoms with Crippen molar-refractivity contribution in [3.05, 3.63) is 18.5 Å². The Bertz CT molecular complexity index is 856. The Morgan fingerprint density at radius 1 is 1.56 bits per heavy atom. The number of rotatable bonds is 8. The molecule has 0 saturated carbocycles. The number of carbonyl (C=O) groups is 1. The Balaban J connectivity index is 2.10. The van der Waals surface area contributed by atoms with Gasteiger partial charge in [-0.2, -0.15) is 5.26 Å². The number of aromatic nitrogens is 3. The van der Waals surface area contributed by atoms with Crippen molar-refractivity contribution >= 4 is 27.5 Å². The number of hydrogen-bond donors (Lipinski definition) is 1. The fraction of sp³-hybridized carbons (Fsp3) is 0.647. The van der Waals surface area contributed by atoms with Crippen LogP contribution in [0.25, 0.3) is 0 Å². The predicted octanol–water partition coefficient (Wildman–Crippen LogP) is 1.51. The van der Waals surface area contributed by atoms with Gasteiger partial charge in [0, 0.05) is 12.5 Å². The monoisotopic (exact) mass is 411 g/mol. The number of amides is 1. The van der Waals surface area contributed by atoms with E-state index in [9.17, 15) is 18.5 Å². The van der Waals surface area contributed by atoms with Crippen molar-refractivity contribution < 1.29 is 13.2 Å². The summed E-state index contributed by atoms with van der Waals surface area (Å²) in [5.74, 6) is 0.444. The summed E-state index contributed by atoms with van der Waals surface area (Å²) in [4.78, 5) is 12.3. The molecule has 1 aromatic heterocycles. The van der Waals surface area contributed by atoms with Gasteiger partial charge in [0.2, 0.25) is 5.91 Å². The molecule has 0 aliphatic carbocycles. The van der Waals surface area contributed by atoms with E-state index in [1.54, 1.807) is 13.0 Å². The summed E-state index contributed by atoms with van der Waals surface area (Å²) >= 11 is 1.21. The fourth-order valence-corrected chi connectivity index (χ4v) is 5.26. The van der Waals surface area contributed by atoms with Crippen LogP contribution in [0.2, 0.25) is 0 Å². The van der Waals surface area contributed by atoms with Crippen LogP contribution in [-0.2, 0) is 21.2 Å². The Kier molecular flexibility index (Phi) is 6.70. The maximum absolute atomic E-state index is 12.3. The molecule has 0 aromatic carbocycles. The maximum Gasteiger partial charge on any atom is 0.231 e. The van der Waals surface area contributed by atoms with Gasteiger partial charge in [-0.05, 0) is 19.3 Å². The smallest absolute Gasteiger partial charge is 0.231 e. The van der Waals surface area contributed by atoms with Gasteiger partial charge in [0.25, 0.3) is 0 Å². The van der Waals surface area contributed by atoms with Crippen LogP contribution in [0.15, 0.2) is 17.8 Å². The molecule has 1 saturated heterocycles. The lowest BCUT2D eigenvalue weighted by atomic mass is 9.90. The molecule has 10 heteroatoms. The van der Waals surface area contributed by atoms with Crippen LogP contribution < -0.4 is 5.32 Å². The molecular formula is C17H25N5O3S2. The highest BCUT2D eigenvalue weighted by atomic mass is 32.2. The van der Waals surface area contributed by atoms with Crippen molar-refractivity contribution in [1.29, 1.82) is 5.26 Å². The Hall–Kier alpha value is -1.86. The van der Waals surface area contributed by atoms with E-state index in [-0.39, 0.29) is 35.0 Å². The van der Waals surface area contributed by atoms with Gasteiger partial charge in [-0.25, -0.2) is 8.42 Å². The van der Waals surface area contributed by atoms with Crippen LogP contribution in [0.4, 0.5) is 0 Å². The summed E-state index contributed by atoms with van der Waals surface area (Å²) in [6, 6.07) is 2.14. The number of carbonyl (C=O) groups excluding carboxylic acids is 1. The maximum atomic E-state index is 12.3. The molecule has 0 bridgehead atoms. The third-order valence-corrected chi connectivity index (χ3v) is 7.51. The first-order valence-corrected chi connectivity index (χ1v) is 11.5. The van der Waals surface area contributed by atoms with E-state index in [0.29, 0.717) is 23.9 Å². The van der Waals surface area contributed by atoms with Gasteiger partial charge >= 0.3 is 0 Å². The number of nitrogens with one attached hydrogen (secondary N) is 1. The molecular weight excluding hydrogens is 386 g/mol. The zero-order valence-electron chi connectivity index (χ0n) is 15.8. The minimum absolute atomic E-state index is 0.0308. The van der Waals surface area contributed by atoms with Crippen molar-refractivity contribution in [2.45, 2.75) is 50.4 Å². The summed E-state index contributed by atoms with van der Waals surface area (Å²) in [6.45, 7) is 9.61. The van der Waals surface area contributed by atoms with Crippen LogP contribution in [0.3, 0.4) is 0 Å². The Labute approximate surface area is 164 Å². The summed E-state index contributed by atoms with van der Waals surface area (Å²) in [6.07, 6.45) is 2.21.